The first-order valence-electron chi connectivity index (χ1n) is 13.2. The van der Waals surface area contributed by atoms with Gasteiger partial charge in [-0.1, -0.05) is 5.16 Å². The summed E-state index contributed by atoms with van der Waals surface area (Å²) in [6, 6.07) is 3.68. The summed E-state index contributed by atoms with van der Waals surface area (Å²) in [5.74, 6) is -2.39. The van der Waals surface area contributed by atoms with E-state index in [1.54, 1.807) is 9.47 Å². The number of ether oxygens (including phenoxy) is 2. The Morgan fingerprint density at radius 3 is 2.36 bits per heavy atom. The van der Waals surface area contributed by atoms with Crippen molar-refractivity contribution < 1.29 is 46.0 Å². The number of nitrogens with two attached hydrogens (primary N) is 1. The van der Waals surface area contributed by atoms with Crippen LogP contribution in [-0.4, -0.2) is 79.4 Å². The van der Waals surface area contributed by atoms with Crippen LogP contribution >= 0.6 is 0 Å². The Kier molecular flexibility index (Phi) is 9.70. The van der Waals surface area contributed by atoms with Crippen LogP contribution in [0.25, 0.3) is 11.0 Å². The van der Waals surface area contributed by atoms with Crippen molar-refractivity contribution in [3.8, 4) is 11.5 Å². The molecule has 3 heterocycles. The Morgan fingerprint density at radius 2 is 1.80 bits per heavy atom. The van der Waals surface area contributed by atoms with Crippen molar-refractivity contribution in [2.24, 2.45) is 16.8 Å². The van der Waals surface area contributed by atoms with E-state index in [-0.39, 0.29) is 59.8 Å². The van der Waals surface area contributed by atoms with Gasteiger partial charge in [0.05, 0.1) is 38.1 Å². The summed E-state index contributed by atoms with van der Waals surface area (Å²) in [7, 11) is -0.821. The van der Waals surface area contributed by atoms with Gasteiger partial charge in [0, 0.05) is 42.9 Å². The smallest absolute Gasteiger partial charge is 0.341 e. The number of pyridine rings is 2. The Labute approximate surface area is 250 Å². The molecule has 4 N–H and O–H groups in total. The molecule has 1 aliphatic carbocycles. The number of carboxylic acids is 1. The van der Waals surface area contributed by atoms with Crippen LogP contribution in [-0.2, 0) is 21.6 Å². The average Bonchev–Trinajstić information content (AvgIpc) is 3.72. The number of hydrogen-bond donors (Lipinski definition) is 3. The molecule has 44 heavy (non-hydrogen) atoms. The van der Waals surface area contributed by atoms with Crippen molar-refractivity contribution >= 4 is 38.7 Å². The van der Waals surface area contributed by atoms with Gasteiger partial charge in [-0.15, -0.1) is 0 Å². The monoisotopic (exact) mass is 639 g/mol. The lowest BCUT2D eigenvalue weighted by molar-refractivity contribution is 0.0694. The van der Waals surface area contributed by atoms with E-state index in [2.05, 4.69) is 10.1 Å². The van der Waals surface area contributed by atoms with Gasteiger partial charge >= 0.3 is 5.97 Å². The molecular weight excluding hydrogens is 608 g/mol. The van der Waals surface area contributed by atoms with Gasteiger partial charge in [-0.3, -0.25) is 9.35 Å². The molecule has 0 spiro atoms. The largest absolute Gasteiger partial charge is 0.493 e. The highest BCUT2D eigenvalue weighted by Crippen LogP contribution is 2.37. The number of oxime groups is 1. The third-order valence-electron chi connectivity index (χ3n) is 6.91. The maximum absolute atomic E-state index is 15.3. The molecular formula is C27H31F2N5O9S. The van der Waals surface area contributed by atoms with E-state index in [1.165, 1.54) is 32.5 Å². The van der Waals surface area contributed by atoms with Crippen LogP contribution in [0.4, 0.5) is 14.6 Å². The molecule has 0 bridgehead atoms. The highest BCUT2D eigenvalue weighted by molar-refractivity contribution is 7.85. The highest BCUT2D eigenvalue weighted by Gasteiger charge is 2.33. The van der Waals surface area contributed by atoms with E-state index in [0.717, 1.165) is 18.9 Å². The maximum Gasteiger partial charge on any atom is 0.341 e. The van der Waals surface area contributed by atoms with Crippen LogP contribution < -0.4 is 25.5 Å². The van der Waals surface area contributed by atoms with Gasteiger partial charge in [0.2, 0.25) is 5.43 Å². The number of nitrogens with zero attached hydrogens (tertiary/aromatic N) is 4. The molecule has 17 heteroatoms. The number of fused-ring (bicyclic) bond motifs is 1. The fourth-order valence-electron chi connectivity index (χ4n) is 4.67. The third-order valence-corrected chi connectivity index (χ3v) is 6.91. The van der Waals surface area contributed by atoms with E-state index >= 15 is 4.39 Å². The second-order valence-corrected chi connectivity index (χ2v) is 11.6. The molecule has 1 unspecified atom stereocenters. The summed E-state index contributed by atoms with van der Waals surface area (Å²) >= 11 is 0. The minimum atomic E-state index is -3.67. The topological polar surface area (TPSA) is 196 Å². The zero-order valence-electron chi connectivity index (χ0n) is 24.0. The zero-order valence-corrected chi connectivity index (χ0v) is 24.8. The number of carboxylic acid groups (broad SMARTS) is 1. The van der Waals surface area contributed by atoms with Gasteiger partial charge in [0.15, 0.2) is 23.1 Å². The molecule has 0 amide bonds. The SMILES string of the molecule is COc1cc(F)c(CO/N=C2\CN(c3nc4c(cc3F)c(=O)c(C(=O)O)cn4C3CC3)CC2CN)cc1OC.CS(=O)(=O)O. The standard InChI is InChI=1S/C26H27F2N5O6.CH4O3S/c1-37-21-5-13(18(27)7-22(21)38-2)12-39-31-20-11-32(9-14(20)8-29)25-19(28)6-16-23(34)17(26(35)36)10-33(15-3-4-15)24(16)30-25;1-5(2,3)4/h5-7,10,14-15H,3-4,8-9,11-12,29H2,1-2H3,(H,35,36);1H3,(H,2,3,4)/b31-20+;. The summed E-state index contributed by atoms with van der Waals surface area (Å²) < 4.78 is 67.5. The Morgan fingerprint density at radius 1 is 1.16 bits per heavy atom. The summed E-state index contributed by atoms with van der Waals surface area (Å²) in [6.45, 7) is 0.453. The van der Waals surface area contributed by atoms with Crippen molar-refractivity contribution in [3.05, 3.63) is 57.4 Å². The molecule has 2 fully saturated rings. The van der Waals surface area contributed by atoms with Crippen LogP contribution in [0.1, 0.15) is 34.8 Å². The van der Waals surface area contributed by atoms with Gasteiger partial charge in [-0.2, -0.15) is 8.42 Å². The Balaban J connectivity index is 0.000000818. The van der Waals surface area contributed by atoms with Crippen LogP contribution in [0, 0.1) is 17.6 Å². The fourth-order valence-corrected chi connectivity index (χ4v) is 4.67. The van der Waals surface area contributed by atoms with Gasteiger partial charge in [-0.05, 0) is 25.0 Å². The fraction of sp³-hybridized carbons (Fsp3) is 0.407. The molecule has 1 saturated heterocycles. The molecule has 1 saturated carbocycles. The molecule has 14 nitrogen and oxygen atoms in total. The minimum absolute atomic E-state index is 0.00474. The lowest BCUT2D eigenvalue weighted by atomic mass is 10.1. The summed E-state index contributed by atoms with van der Waals surface area (Å²) in [4.78, 5) is 35.8. The molecule has 2 aliphatic rings. The van der Waals surface area contributed by atoms with Gasteiger partial charge in [0.1, 0.15) is 23.6 Å². The zero-order chi connectivity index (χ0) is 32.3. The quantitative estimate of drug-likeness (QED) is 0.228. The summed E-state index contributed by atoms with van der Waals surface area (Å²) in [5, 5.41) is 13.5. The molecule has 3 aromatic rings. The predicted molar refractivity (Wildman–Crippen MR) is 155 cm³/mol. The van der Waals surface area contributed by atoms with Crippen LogP contribution in [0.2, 0.25) is 0 Å². The van der Waals surface area contributed by atoms with Crippen molar-refractivity contribution in [2.45, 2.75) is 25.5 Å². The van der Waals surface area contributed by atoms with E-state index in [4.69, 9.17) is 24.6 Å². The van der Waals surface area contributed by atoms with Crippen molar-refractivity contribution in [1.82, 2.24) is 9.55 Å². The maximum atomic E-state index is 15.3. The van der Waals surface area contributed by atoms with Crippen LogP contribution in [0.3, 0.4) is 0 Å². The number of methoxy groups -OCH3 is 2. The summed E-state index contributed by atoms with van der Waals surface area (Å²) in [6.07, 6.45) is 3.60. The number of aromatic carboxylic acids is 1. The number of hydrogen-bond acceptors (Lipinski definition) is 11. The number of benzene rings is 1. The number of anilines is 1. The van der Waals surface area contributed by atoms with Crippen molar-refractivity contribution in [1.29, 1.82) is 0 Å². The van der Waals surface area contributed by atoms with E-state index in [0.29, 0.717) is 24.3 Å². The molecule has 0 radical (unpaired) electrons. The van der Waals surface area contributed by atoms with E-state index in [1.807, 2.05) is 0 Å². The number of aromatic nitrogens is 2. The van der Waals surface area contributed by atoms with Crippen LogP contribution in [0.5, 0.6) is 11.5 Å². The molecule has 2 aromatic heterocycles. The lowest BCUT2D eigenvalue weighted by Crippen LogP contribution is -2.26. The third kappa shape index (κ3) is 7.40. The van der Waals surface area contributed by atoms with Crippen molar-refractivity contribution in [3.63, 3.8) is 0 Å². The normalized spacial score (nSPS) is 17.4. The molecule has 5 rings (SSSR count). The van der Waals surface area contributed by atoms with Gasteiger partial charge in [0.25, 0.3) is 10.1 Å². The Hall–Kier alpha value is -4.35. The number of carbonyl (C=O) groups is 1. The van der Waals surface area contributed by atoms with Gasteiger partial charge < -0.3 is 34.6 Å². The molecule has 1 atom stereocenters. The minimum Gasteiger partial charge on any atom is -0.493 e. The molecule has 238 valence electrons. The highest BCUT2D eigenvalue weighted by atomic mass is 32.2. The Bertz CT molecular complexity index is 1770. The van der Waals surface area contributed by atoms with E-state index in [9.17, 15) is 27.5 Å². The van der Waals surface area contributed by atoms with Crippen LogP contribution in [0.15, 0.2) is 34.3 Å². The number of rotatable bonds is 9. The summed E-state index contributed by atoms with van der Waals surface area (Å²) in [5.41, 5.74) is 5.68. The average molecular weight is 640 g/mol. The first-order valence-corrected chi connectivity index (χ1v) is 15.1. The van der Waals surface area contributed by atoms with Gasteiger partial charge in [-0.25, -0.2) is 18.6 Å². The van der Waals surface area contributed by atoms with E-state index < -0.39 is 38.7 Å². The second-order valence-electron chi connectivity index (χ2n) is 10.2. The first kappa shape index (κ1) is 32.6. The predicted octanol–water partition coefficient (Wildman–Crippen LogP) is 2.20. The molecule has 1 aromatic carbocycles. The molecule has 1 aliphatic heterocycles. The van der Waals surface area contributed by atoms with Crippen molar-refractivity contribution in [2.75, 3.05) is 45.0 Å². The number of halogens is 2. The second kappa shape index (κ2) is 13.1. The lowest BCUT2D eigenvalue weighted by Gasteiger charge is -2.19. The first-order chi connectivity index (χ1) is 20.7.